The van der Waals surface area contributed by atoms with E-state index in [-0.39, 0.29) is 12.5 Å². The molecule has 1 atom stereocenters. The molecule has 0 radical (unpaired) electrons. The first-order valence-electron chi connectivity index (χ1n) is 7.15. The number of aliphatic hydroxyl groups is 1. The van der Waals surface area contributed by atoms with Crippen molar-refractivity contribution < 1.29 is 18.3 Å². The molecule has 0 saturated carbocycles. The van der Waals surface area contributed by atoms with Crippen LogP contribution in [0.5, 0.6) is 0 Å². The molecule has 0 aliphatic carbocycles. The van der Waals surface area contributed by atoms with Gasteiger partial charge in [-0.15, -0.1) is 0 Å². The molecule has 1 aromatic carbocycles. The summed E-state index contributed by atoms with van der Waals surface area (Å²) in [5.41, 5.74) is 0.222. The van der Waals surface area contributed by atoms with Gasteiger partial charge in [-0.3, -0.25) is 4.90 Å². The molecule has 1 aliphatic rings. The molecule has 1 saturated heterocycles. The molecule has 0 bridgehead atoms. The number of halogens is 3. The standard InChI is InChI=1S/C15H21F3N2O/c1-12(11-21)10-19-6-8-20(9-7-19)14-4-2-13(3-5-14)15(16,17)18/h2-5,12,21H,6-11H2,1H3. The van der Waals surface area contributed by atoms with Gasteiger partial charge in [0.2, 0.25) is 0 Å². The van der Waals surface area contributed by atoms with Crippen LogP contribution in [-0.2, 0) is 6.18 Å². The fourth-order valence-corrected chi connectivity index (χ4v) is 2.55. The molecule has 1 aliphatic heterocycles. The quantitative estimate of drug-likeness (QED) is 0.925. The summed E-state index contributed by atoms with van der Waals surface area (Å²) in [6, 6.07) is 5.34. The van der Waals surface area contributed by atoms with E-state index in [9.17, 15) is 13.2 Å². The van der Waals surface area contributed by atoms with Crippen LogP contribution in [0, 0.1) is 5.92 Å². The Labute approximate surface area is 123 Å². The fraction of sp³-hybridized carbons (Fsp3) is 0.600. The van der Waals surface area contributed by atoms with Crippen LogP contribution in [0.2, 0.25) is 0 Å². The van der Waals surface area contributed by atoms with Gasteiger partial charge in [0.1, 0.15) is 0 Å². The van der Waals surface area contributed by atoms with Crippen molar-refractivity contribution in [2.45, 2.75) is 13.1 Å². The van der Waals surface area contributed by atoms with Gasteiger partial charge in [-0.2, -0.15) is 13.2 Å². The molecule has 0 amide bonds. The summed E-state index contributed by atoms with van der Waals surface area (Å²) in [5.74, 6) is 0.252. The predicted molar refractivity (Wildman–Crippen MR) is 76.3 cm³/mol. The summed E-state index contributed by atoms with van der Waals surface area (Å²) in [5, 5.41) is 9.06. The van der Waals surface area contributed by atoms with Crippen LogP contribution in [0.3, 0.4) is 0 Å². The normalized spacial score (nSPS) is 18.8. The van der Waals surface area contributed by atoms with E-state index < -0.39 is 11.7 Å². The SMILES string of the molecule is CC(CO)CN1CCN(c2ccc(C(F)(F)F)cc2)CC1. The van der Waals surface area contributed by atoms with Crippen LogP contribution in [0.1, 0.15) is 12.5 Å². The van der Waals surface area contributed by atoms with Gasteiger partial charge in [-0.05, 0) is 30.2 Å². The van der Waals surface area contributed by atoms with Crippen molar-refractivity contribution in [3.63, 3.8) is 0 Å². The number of piperazine rings is 1. The van der Waals surface area contributed by atoms with Crippen LogP contribution in [-0.4, -0.2) is 49.3 Å². The average molecular weight is 302 g/mol. The number of nitrogens with zero attached hydrogens (tertiary/aromatic N) is 2. The average Bonchev–Trinajstić information content (AvgIpc) is 2.47. The first-order chi connectivity index (χ1) is 9.90. The Morgan fingerprint density at radius 1 is 1.10 bits per heavy atom. The van der Waals surface area contributed by atoms with E-state index in [0.29, 0.717) is 0 Å². The predicted octanol–water partition coefficient (Wildman–Crippen LogP) is 2.46. The van der Waals surface area contributed by atoms with Crippen LogP contribution in [0.4, 0.5) is 18.9 Å². The number of anilines is 1. The lowest BCUT2D eigenvalue weighted by molar-refractivity contribution is -0.137. The molecule has 1 N–H and O–H groups in total. The Balaban J connectivity index is 1.90. The van der Waals surface area contributed by atoms with Crippen molar-refractivity contribution in [2.75, 3.05) is 44.2 Å². The minimum absolute atomic E-state index is 0.180. The van der Waals surface area contributed by atoms with Crippen molar-refractivity contribution in [1.29, 1.82) is 0 Å². The zero-order valence-electron chi connectivity index (χ0n) is 12.1. The molecule has 0 spiro atoms. The third kappa shape index (κ3) is 4.35. The highest BCUT2D eigenvalue weighted by atomic mass is 19.4. The van der Waals surface area contributed by atoms with E-state index in [0.717, 1.165) is 50.5 Å². The van der Waals surface area contributed by atoms with Crippen LogP contribution >= 0.6 is 0 Å². The third-order valence-electron chi connectivity index (χ3n) is 3.81. The molecule has 0 aromatic heterocycles. The maximum Gasteiger partial charge on any atom is 0.416 e. The second-order valence-electron chi connectivity index (χ2n) is 5.62. The highest BCUT2D eigenvalue weighted by Crippen LogP contribution is 2.30. The minimum Gasteiger partial charge on any atom is -0.396 e. The lowest BCUT2D eigenvalue weighted by Crippen LogP contribution is -2.47. The maximum absolute atomic E-state index is 12.5. The summed E-state index contributed by atoms with van der Waals surface area (Å²) in [4.78, 5) is 4.38. The van der Waals surface area contributed by atoms with E-state index in [2.05, 4.69) is 9.80 Å². The van der Waals surface area contributed by atoms with Crippen LogP contribution in [0.15, 0.2) is 24.3 Å². The first-order valence-corrected chi connectivity index (χ1v) is 7.15. The molecule has 1 aromatic rings. The van der Waals surface area contributed by atoms with E-state index in [4.69, 9.17) is 5.11 Å². The third-order valence-corrected chi connectivity index (χ3v) is 3.81. The molecule has 118 valence electrons. The number of aliphatic hydroxyl groups excluding tert-OH is 1. The summed E-state index contributed by atoms with van der Waals surface area (Å²) in [6.07, 6.45) is -4.28. The number of rotatable bonds is 4. The molecule has 1 heterocycles. The molecule has 2 rings (SSSR count). The number of alkyl halides is 3. The second-order valence-corrected chi connectivity index (χ2v) is 5.62. The fourth-order valence-electron chi connectivity index (χ4n) is 2.55. The highest BCUT2D eigenvalue weighted by Gasteiger charge is 2.30. The summed E-state index contributed by atoms with van der Waals surface area (Å²) >= 11 is 0. The molecule has 3 nitrogen and oxygen atoms in total. The number of hydrogen-bond acceptors (Lipinski definition) is 3. The van der Waals surface area contributed by atoms with Crippen molar-refractivity contribution in [1.82, 2.24) is 4.90 Å². The smallest absolute Gasteiger partial charge is 0.396 e. The molecule has 1 unspecified atom stereocenters. The van der Waals surface area contributed by atoms with Gasteiger partial charge in [0.05, 0.1) is 5.56 Å². The van der Waals surface area contributed by atoms with Crippen LogP contribution in [0.25, 0.3) is 0 Å². The van der Waals surface area contributed by atoms with Crippen molar-refractivity contribution in [2.24, 2.45) is 5.92 Å². The first kappa shape index (κ1) is 16.1. The van der Waals surface area contributed by atoms with E-state index in [1.54, 1.807) is 0 Å². The van der Waals surface area contributed by atoms with Crippen molar-refractivity contribution >= 4 is 5.69 Å². The second kappa shape index (κ2) is 6.66. The molecular weight excluding hydrogens is 281 g/mol. The topological polar surface area (TPSA) is 26.7 Å². The molecule has 21 heavy (non-hydrogen) atoms. The lowest BCUT2D eigenvalue weighted by atomic mass is 10.1. The Bertz CT molecular complexity index is 439. The van der Waals surface area contributed by atoms with Gasteiger partial charge in [0, 0.05) is 45.0 Å². The molecule has 1 fully saturated rings. The van der Waals surface area contributed by atoms with Gasteiger partial charge in [-0.1, -0.05) is 6.92 Å². The number of benzene rings is 1. The minimum atomic E-state index is -4.28. The van der Waals surface area contributed by atoms with Gasteiger partial charge in [0.15, 0.2) is 0 Å². The summed E-state index contributed by atoms with van der Waals surface area (Å²) in [6.45, 7) is 6.36. The van der Waals surface area contributed by atoms with Crippen molar-refractivity contribution in [3.8, 4) is 0 Å². The Morgan fingerprint density at radius 2 is 1.67 bits per heavy atom. The highest BCUT2D eigenvalue weighted by molar-refractivity contribution is 5.48. The maximum atomic E-state index is 12.5. The Kier molecular flexibility index (Phi) is 5.11. The van der Waals surface area contributed by atoms with E-state index >= 15 is 0 Å². The van der Waals surface area contributed by atoms with Gasteiger partial charge >= 0.3 is 6.18 Å². The number of hydrogen-bond donors (Lipinski definition) is 1. The Morgan fingerprint density at radius 3 is 2.14 bits per heavy atom. The lowest BCUT2D eigenvalue weighted by Gasteiger charge is -2.37. The summed E-state index contributed by atoms with van der Waals surface area (Å²) < 4.78 is 37.6. The molecule has 6 heteroatoms. The summed E-state index contributed by atoms with van der Waals surface area (Å²) in [7, 11) is 0. The van der Waals surface area contributed by atoms with Gasteiger partial charge < -0.3 is 10.0 Å². The largest absolute Gasteiger partial charge is 0.416 e. The van der Waals surface area contributed by atoms with Gasteiger partial charge in [0.25, 0.3) is 0 Å². The van der Waals surface area contributed by atoms with E-state index in [1.807, 2.05) is 6.92 Å². The zero-order valence-corrected chi connectivity index (χ0v) is 12.1. The van der Waals surface area contributed by atoms with Crippen molar-refractivity contribution in [3.05, 3.63) is 29.8 Å². The van der Waals surface area contributed by atoms with Crippen LogP contribution < -0.4 is 4.90 Å². The van der Waals surface area contributed by atoms with E-state index in [1.165, 1.54) is 12.1 Å². The zero-order chi connectivity index (χ0) is 15.5. The Hall–Kier alpha value is -1.27. The molecular formula is C15H21F3N2O. The monoisotopic (exact) mass is 302 g/mol. The van der Waals surface area contributed by atoms with Gasteiger partial charge in [-0.25, -0.2) is 0 Å².